The molecule has 164 valence electrons. The highest BCUT2D eigenvalue weighted by Gasteiger charge is 2.28. The van der Waals surface area contributed by atoms with E-state index in [4.69, 9.17) is 42.6 Å². The van der Waals surface area contributed by atoms with Crippen LogP contribution in [0.4, 0.5) is 0 Å². The van der Waals surface area contributed by atoms with Crippen molar-refractivity contribution in [1.82, 2.24) is 4.90 Å². The summed E-state index contributed by atoms with van der Waals surface area (Å²) in [5, 5.41) is 8.25. The monoisotopic (exact) mass is 455 g/mol. The maximum Gasteiger partial charge on any atom is 0.353 e. The van der Waals surface area contributed by atoms with Crippen molar-refractivity contribution in [1.29, 1.82) is 0 Å². The summed E-state index contributed by atoms with van der Waals surface area (Å²) in [6, 6.07) is 14.1. The number of benzene rings is 2. The predicted molar refractivity (Wildman–Crippen MR) is 118 cm³/mol. The molecule has 0 saturated heterocycles. The van der Waals surface area contributed by atoms with Crippen LogP contribution < -0.4 is 4.74 Å². The Bertz CT molecular complexity index is 808. The van der Waals surface area contributed by atoms with E-state index in [0.717, 1.165) is 20.0 Å². The molecule has 2 aromatic carbocycles. The lowest BCUT2D eigenvalue weighted by atomic mass is 10.1. The number of carboxylic acids is 1. The lowest BCUT2D eigenvalue weighted by Gasteiger charge is -2.28. The second kappa shape index (κ2) is 13.1. The minimum Gasteiger partial charge on any atom is -0.481 e. The number of hydrogen-bond acceptors (Lipinski definition) is 5. The van der Waals surface area contributed by atoms with Crippen molar-refractivity contribution < 1.29 is 24.2 Å². The zero-order valence-corrected chi connectivity index (χ0v) is 19.0. The summed E-state index contributed by atoms with van der Waals surface area (Å²) in [6.07, 6.45) is -1.28. The molecule has 0 radical (unpaired) electrons. The molecule has 1 N–H and O–H groups in total. The Labute approximate surface area is 187 Å². The molecule has 2 unspecified atom stereocenters. The van der Waals surface area contributed by atoms with Crippen LogP contribution in [0.2, 0.25) is 10.0 Å². The fraction of sp³-hybridized carbons (Fsp3) is 0.364. The van der Waals surface area contributed by atoms with Gasteiger partial charge in [0.1, 0.15) is 5.75 Å². The Balaban J connectivity index is 0.00000103. The van der Waals surface area contributed by atoms with Gasteiger partial charge in [0.2, 0.25) is 6.10 Å². The van der Waals surface area contributed by atoms with Crippen molar-refractivity contribution in [2.75, 3.05) is 13.1 Å². The number of aliphatic carboxylic acids is 1. The molecule has 2 aromatic rings. The summed E-state index contributed by atoms with van der Waals surface area (Å²) < 4.78 is 11.6. The van der Waals surface area contributed by atoms with Crippen molar-refractivity contribution in [3.05, 3.63) is 64.1 Å². The molecule has 8 heteroatoms. The number of carbonyl (C=O) groups excluding carboxylic acids is 1. The molecule has 30 heavy (non-hydrogen) atoms. The number of carbonyl (C=O) groups is 2. The molecule has 0 heterocycles. The molecular weight excluding hydrogens is 429 g/mol. The number of rotatable bonds is 8. The predicted octanol–water partition coefficient (Wildman–Crippen LogP) is 5.44. The maximum atomic E-state index is 12.8. The first-order valence-electron chi connectivity index (χ1n) is 9.50. The molecule has 0 saturated carbocycles. The van der Waals surface area contributed by atoms with Gasteiger partial charge in [-0.1, -0.05) is 67.4 Å². The van der Waals surface area contributed by atoms with Crippen molar-refractivity contribution in [2.24, 2.45) is 0 Å². The second-order valence-electron chi connectivity index (χ2n) is 6.26. The van der Waals surface area contributed by atoms with Gasteiger partial charge in [-0.2, -0.15) is 0 Å². The Morgan fingerprint density at radius 3 is 2.13 bits per heavy atom. The number of halogens is 2. The average Bonchev–Trinajstić information content (AvgIpc) is 2.68. The van der Waals surface area contributed by atoms with Crippen LogP contribution >= 0.6 is 23.2 Å². The maximum absolute atomic E-state index is 12.8. The Hall–Kier alpha value is -2.28. The Morgan fingerprint density at radius 2 is 1.63 bits per heavy atom. The van der Waals surface area contributed by atoms with E-state index < -0.39 is 18.0 Å². The normalized spacial score (nSPS) is 12.4. The van der Waals surface area contributed by atoms with Crippen molar-refractivity contribution >= 4 is 35.1 Å². The van der Waals surface area contributed by atoms with Crippen LogP contribution in [0.25, 0.3) is 0 Å². The first-order valence-corrected chi connectivity index (χ1v) is 10.3. The molecule has 6 nitrogen and oxygen atoms in total. The van der Waals surface area contributed by atoms with Gasteiger partial charge >= 0.3 is 5.97 Å². The van der Waals surface area contributed by atoms with Gasteiger partial charge in [-0.3, -0.25) is 9.69 Å². The summed E-state index contributed by atoms with van der Waals surface area (Å²) in [5.74, 6) is -0.932. The molecule has 0 aliphatic heterocycles. The Morgan fingerprint density at radius 1 is 1.07 bits per heavy atom. The van der Waals surface area contributed by atoms with E-state index in [1.54, 1.807) is 18.2 Å². The van der Waals surface area contributed by atoms with E-state index in [9.17, 15) is 4.79 Å². The molecule has 2 rings (SSSR count). The molecule has 0 aromatic heterocycles. The third-order valence-electron chi connectivity index (χ3n) is 4.07. The number of ether oxygens (including phenoxy) is 2. The van der Waals surface area contributed by atoms with E-state index in [-0.39, 0.29) is 6.23 Å². The quantitative estimate of drug-likeness (QED) is 0.422. The number of nitrogens with zero attached hydrogens (tertiary/aromatic N) is 1. The van der Waals surface area contributed by atoms with Gasteiger partial charge in [0.15, 0.2) is 6.23 Å². The van der Waals surface area contributed by atoms with Crippen LogP contribution in [-0.2, 0) is 14.3 Å². The van der Waals surface area contributed by atoms with Crippen LogP contribution in [0.15, 0.2) is 48.5 Å². The molecule has 0 aliphatic rings. The standard InChI is InChI=1S/C20H23Cl2NO3.C2H4O2/c1-4-23(5-2)14(3)25-20(24)19(15-9-7-6-8-10-15)26-18-12-11-16(21)13-17(18)22;1-2(3)4/h6-14,19H,4-5H2,1-3H3;1H3,(H,3,4). The lowest BCUT2D eigenvalue weighted by molar-refractivity contribution is -0.166. The van der Waals surface area contributed by atoms with E-state index in [2.05, 4.69) is 0 Å². The van der Waals surface area contributed by atoms with Crippen LogP contribution in [0.1, 0.15) is 39.4 Å². The minimum absolute atomic E-state index is 0.336. The number of esters is 1. The van der Waals surface area contributed by atoms with Crippen LogP contribution in [0.3, 0.4) is 0 Å². The van der Waals surface area contributed by atoms with Gasteiger partial charge in [-0.15, -0.1) is 0 Å². The van der Waals surface area contributed by atoms with Gasteiger partial charge in [-0.25, -0.2) is 4.79 Å². The molecule has 0 spiro atoms. The molecular formula is C22H27Cl2NO5. The first-order chi connectivity index (χ1) is 14.2. The second-order valence-corrected chi connectivity index (χ2v) is 7.10. The topological polar surface area (TPSA) is 76.1 Å². The van der Waals surface area contributed by atoms with Crippen molar-refractivity contribution in [3.8, 4) is 5.75 Å². The fourth-order valence-corrected chi connectivity index (χ4v) is 3.07. The minimum atomic E-state index is -0.923. The molecule has 0 amide bonds. The summed E-state index contributed by atoms with van der Waals surface area (Å²) in [5.41, 5.74) is 0.690. The van der Waals surface area contributed by atoms with Crippen LogP contribution in [0.5, 0.6) is 5.75 Å². The summed E-state index contributed by atoms with van der Waals surface area (Å²) in [7, 11) is 0. The van der Waals surface area contributed by atoms with Gasteiger partial charge in [0, 0.05) is 17.5 Å². The lowest BCUT2D eigenvalue weighted by Crippen LogP contribution is -2.38. The highest BCUT2D eigenvalue weighted by atomic mass is 35.5. The van der Waals surface area contributed by atoms with Gasteiger partial charge in [0.05, 0.1) is 5.02 Å². The van der Waals surface area contributed by atoms with Crippen LogP contribution in [0, 0.1) is 0 Å². The van der Waals surface area contributed by atoms with E-state index in [1.165, 1.54) is 0 Å². The summed E-state index contributed by atoms with van der Waals surface area (Å²) in [4.78, 5) is 23.9. The fourth-order valence-electron chi connectivity index (χ4n) is 2.62. The number of carboxylic acid groups (broad SMARTS) is 1. The summed E-state index contributed by atoms with van der Waals surface area (Å²) >= 11 is 12.1. The van der Waals surface area contributed by atoms with E-state index >= 15 is 0 Å². The highest BCUT2D eigenvalue weighted by molar-refractivity contribution is 6.35. The SMILES string of the molecule is CC(=O)O.CCN(CC)C(C)OC(=O)C(Oc1ccc(Cl)cc1Cl)c1ccccc1. The highest BCUT2D eigenvalue weighted by Crippen LogP contribution is 2.32. The molecule has 2 atom stereocenters. The van der Waals surface area contributed by atoms with Crippen molar-refractivity contribution in [2.45, 2.75) is 40.0 Å². The first kappa shape index (κ1) is 25.8. The zero-order chi connectivity index (χ0) is 22.7. The van der Waals surface area contributed by atoms with Gasteiger partial charge < -0.3 is 14.6 Å². The van der Waals surface area contributed by atoms with Gasteiger partial charge in [0.25, 0.3) is 5.97 Å². The molecule has 0 aliphatic carbocycles. The van der Waals surface area contributed by atoms with Crippen molar-refractivity contribution in [3.63, 3.8) is 0 Å². The zero-order valence-electron chi connectivity index (χ0n) is 17.5. The van der Waals surface area contributed by atoms with Crippen LogP contribution in [-0.4, -0.2) is 41.3 Å². The molecule has 0 bridgehead atoms. The largest absolute Gasteiger partial charge is 0.481 e. The van der Waals surface area contributed by atoms with Gasteiger partial charge in [-0.05, 0) is 38.2 Å². The molecule has 0 fully saturated rings. The van der Waals surface area contributed by atoms with E-state index in [0.29, 0.717) is 21.4 Å². The third-order valence-corrected chi connectivity index (χ3v) is 4.60. The summed E-state index contributed by atoms with van der Waals surface area (Å²) in [6.45, 7) is 8.54. The number of hydrogen-bond donors (Lipinski definition) is 1. The van der Waals surface area contributed by atoms with E-state index in [1.807, 2.05) is 56.0 Å². The average molecular weight is 456 g/mol. The Kier molecular flexibility index (Phi) is 11.3. The third kappa shape index (κ3) is 8.61. The smallest absolute Gasteiger partial charge is 0.353 e.